The maximum atomic E-state index is 13.9. The number of amides is 3. The highest BCUT2D eigenvalue weighted by molar-refractivity contribution is 5.97. The molecule has 2 atom stereocenters. The maximum Gasteiger partial charge on any atom is 0.245 e. The quantitative estimate of drug-likeness (QED) is 0.168. The fourth-order valence-electron chi connectivity index (χ4n) is 6.13. The van der Waals surface area contributed by atoms with E-state index in [0.29, 0.717) is 38.2 Å². The van der Waals surface area contributed by atoms with Gasteiger partial charge in [0.1, 0.15) is 23.6 Å². The second-order valence-corrected chi connectivity index (χ2v) is 11.7. The first-order valence-corrected chi connectivity index (χ1v) is 15.9. The Kier molecular flexibility index (Phi) is 13.0. The van der Waals surface area contributed by atoms with Gasteiger partial charge in [0.2, 0.25) is 18.2 Å². The molecule has 0 aromatic heterocycles. The molecule has 6 N–H and O–H groups in total. The topological polar surface area (TPSA) is 143 Å². The van der Waals surface area contributed by atoms with Gasteiger partial charge < -0.3 is 31.7 Å². The van der Waals surface area contributed by atoms with E-state index in [2.05, 4.69) is 52.1 Å². The minimum atomic E-state index is -0.531. The maximum absolute atomic E-state index is 13.9. The third-order valence-electron chi connectivity index (χ3n) is 8.40. The minimum Gasteiger partial charge on any atom is -0.457 e. The average molecular weight is 627 g/mol. The molecule has 0 aliphatic carbocycles. The molecule has 2 unspecified atom stereocenters. The molecule has 2 saturated heterocycles. The Bertz CT molecular complexity index is 1400. The number of nitrogens with one attached hydrogen (secondary N) is 2. The van der Waals surface area contributed by atoms with E-state index in [1.807, 2.05) is 65.6 Å². The van der Waals surface area contributed by atoms with E-state index < -0.39 is 12.1 Å². The van der Waals surface area contributed by atoms with Crippen LogP contribution in [0, 0.1) is 5.92 Å². The van der Waals surface area contributed by atoms with E-state index in [-0.39, 0.29) is 24.1 Å². The highest BCUT2D eigenvalue weighted by atomic mass is 16.5. The highest BCUT2D eigenvalue weighted by Crippen LogP contribution is 2.29. The van der Waals surface area contributed by atoms with Gasteiger partial charge in [0, 0.05) is 19.6 Å². The predicted molar refractivity (Wildman–Crippen MR) is 179 cm³/mol. The van der Waals surface area contributed by atoms with Gasteiger partial charge in [-0.3, -0.25) is 19.3 Å². The molecule has 0 radical (unpaired) electrons. The lowest BCUT2D eigenvalue weighted by atomic mass is 9.85. The number of hydrogen-bond acceptors (Lipinski definition) is 7. The van der Waals surface area contributed by atoms with Gasteiger partial charge in [0.05, 0.1) is 5.82 Å². The monoisotopic (exact) mass is 626 g/mol. The van der Waals surface area contributed by atoms with Crippen LogP contribution in [0.1, 0.15) is 36.8 Å². The van der Waals surface area contributed by atoms with Gasteiger partial charge in [-0.25, -0.2) is 0 Å². The van der Waals surface area contributed by atoms with Crippen molar-refractivity contribution in [3.63, 3.8) is 0 Å². The number of nitrogens with zero attached hydrogens (tertiary/aromatic N) is 2. The van der Waals surface area contributed by atoms with Crippen LogP contribution in [0.25, 0.3) is 0 Å². The SMILES string of the molecule is C=C(N)NCCCC1NC(=O)C(C2CCN(Cc3ccccc3)CC2)N(CCc2ccc(Oc3ccccc3)cc2)C1=O.NC=O. The zero-order valence-corrected chi connectivity index (χ0v) is 26.4. The van der Waals surface area contributed by atoms with Crippen LogP contribution in [0.15, 0.2) is 97.3 Å². The van der Waals surface area contributed by atoms with Crippen LogP contribution in [-0.4, -0.2) is 66.3 Å². The Balaban J connectivity index is 0.00000154. The first kappa shape index (κ1) is 34.1. The molecular formula is C36H46N6O4. The first-order chi connectivity index (χ1) is 22.4. The van der Waals surface area contributed by atoms with Gasteiger partial charge in [-0.2, -0.15) is 0 Å². The molecule has 46 heavy (non-hydrogen) atoms. The summed E-state index contributed by atoms with van der Waals surface area (Å²) in [6.45, 7) is 7.48. The number of rotatable bonds is 13. The summed E-state index contributed by atoms with van der Waals surface area (Å²) >= 11 is 0. The van der Waals surface area contributed by atoms with Crippen LogP contribution in [0.2, 0.25) is 0 Å². The lowest BCUT2D eigenvalue weighted by Gasteiger charge is -2.45. The third kappa shape index (κ3) is 10.1. The molecule has 0 bridgehead atoms. The Morgan fingerprint density at radius 2 is 1.54 bits per heavy atom. The zero-order valence-electron chi connectivity index (χ0n) is 26.4. The molecule has 3 aromatic rings. The molecular weight excluding hydrogens is 580 g/mol. The zero-order chi connectivity index (χ0) is 32.7. The molecule has 3 amide bonds. The van der Waals surface area contributed by atoms with Crippen molar-refractivity contribution in [2.75, 3.05) is 26.2 Å². The fraction of sp³-hybridized carbons (Fsp3) is 0.361. The molecule has 2 heterocycles. The lowest BCUT2D eigenvalue weighted by Crippen LogP contribution is -2.66. The molecule has 0 saturated carbocycles. The Morgan fingerprint density at radius 3 is 2.17 bits per heavy atom. The Labute approximate surface area is 271 Å². The molecule has 10 nitrogen and oxygen atoms in total. The smallest absolute Gasteiger partial charge is 0.245 e. The molecule has 2 fully saturated rings. The molecule has 244 valence electrons. The van der Waals surface area contributed by atoms with Crippen molar-refractivity contribution in [1.82, 2.24) is 20.4 Å². The number of carbonyl (C=O) groups excluding carboxylic acids is 3. The highest BCUT2D eigenvalue weighted by Gasteiger charge is 2.44. The van der Waals surface area contributed by atoms with Crippen molar-refractivity contribution in [2.24, 2.45) is 17.4 Å². The fourth-order valence-corrected chi connectivity index (χ4v) is 6.13. The Morgan fingerprint density at radius 1 is 0.935 bits per heavy atom. The van der Waals surface area contributed by atoms with Crippen LogP contribution < -0.4 is 26.8 Å². The van der Waals surface area contributed by atoms with E-state index in [4.69, 9.17) is 15.3 Å². The number of ether oxygens (including phenoxy) is 1. The molecule has 0 spiro atoms. The molecule has 2 aliphatic rings. The molecule has 10 heteroatoms. The van der Waals surface area contributed by atoms with Gasteiger partial charge in [0.25, 0.3) is 0 Å². The number of nitrogens with two attached hydrogens (primary N) is 2. The number of primary amides is 1. The van der Waals surface area contributed by atoms with Crippen LogP contribution in [-0.2, 0) is 27.3 Å². The normalized spacial score (nSPS) is 18.6. The summed E-state index contributed by atoms with van der Waals surface area (Å²) in [5, 5.41) is 6.07. The van der Waals surface area contributed by atoms with E-state index >= 15 is 0 Å². The summed E-state index contributed by atoms with van der Waals surface area (Å²) in [6.07, 6.45) is 3.93. The van der Waals surface area contributed by atoms with Crippen molar-refractivity contribution in [3.05, 3.63) is 108 Å². The van der Waals surface area contributed by atoms with E-state index in [9.17, 15) is 9.59 Å². The summed E-state index contributed by atoms with van der Waals surface area (Å²) in [7, 11) is 0. The number of piperazine rings is 1. The van der Waals surface area contributed by atoms with Crippen molar-refractivity contribution < 1.29 is 19.1 Å². The summed E-state index contributed by atoms with van der Waals surface area (Å²) in [5.41, 5.74) is 12.2. The van der Waals surface area contributed by atoms with Crippen molar-refractivity contribution in [3.8, 4) is 11.5 Å². The Hall–Kier alpha value is -4.83. The number of para-hydroxylation sites is 1. The third-order valence-corrected chi connectivity index (χ3v) is 8.40. The largest absolute Gasteiger partial charge is 0.457 e. The summed E-state index contributed by atoms with van der Waals surface area (Å²) < 4.78 is 5.94. The van der Waals surface area contributed by atoms with Crippen molar-refractivity contribution in [2.45, 2.75) is 50.7 Å². The minimum absolute atomic E-state index is 0.00641. The van der Waals surface area contributed by atoms with Gasteiger partial charge >= 0.3 is 0 Å². The summed E-state index contributed by atoms with van der Waals surface area (Å²) in [4.78, 5) is 40.4. The van der Waals surface area contributed by atoms with Gasteiger partial charge in [-0.05, 0) is 86.5 Å². The number of likely N-dealkylation sites (tertiary alicyclic amines) is 1. The van der Waals surface area contributed by atoms with E-state index in [1.165, 1.54) is 5.56 Å². The summed E-state index contributed by atoms with van der Waals surface area (Å²) in [6, 6.07) is 27.2. The predicted octanol–water partition coefficient (Wildman–Crippen LogP) is 3.53. The number of benzene rings is 3. The molecule has 3 aromatic carbocycles. The summed E-state index contributed by atoms with van der Waals surface area (Å²) in [5.74, 6) is 2.05. The molecule has 5 rings (SSSR count). The average Bonchev–Trinajstić information content (AvgIpc) is 3.06. The van der Waals surface area contributed by atoms with E-state index in [0.717, 1.165) is 49.5 Å². The van der Waals surface area contributed by atoms with Gasteiger partial charge in [-0.15, -0.1) is 0 Å². The van der Waals surface area contributed by atoms with Crippen LogP contribution in [0.3, 0.4) is 0 Å². The lowest BCUT2D eigenvalue weighted by molar-refractivity contribution is -0.152. The van der Waals surface area contributed by atoms with Crippen LogP contribution in [0.5, 0.6) is 11.5 Å². The number of piperidine rings is 1. The van der Waals surface area contributed by atoms with E-state index in [1.54, 1.807) is 0 Å². The van der Waals surface area contributed by atoms with Crippen molar-refractivity contribution >= 4 is 18.2 Å². The van der Waals surface area contributed by atoms with Gasteiger partial charge in [0.15, 0.2) is 0 Å². The van der Waals surface area contributed by atoms with Gasteiger partial charge in [-0.1, -0.05) is 67.2 Å². The second-order valence-electron chi connectivity index (χ2n) is 11.7. The first-order valence-electron chi connectivity index (χ1n) is 15.9. The second kappa shape index (κ2) is 17.6. The number of hydrogen-bond donors (Lipinski definition) is 4. The number of carbonyl (C=O) groups is 3. The molecule has 2 aliphatic heterocycles. The standard InChI is InChI=1S/C35H43N5O3.CH3NO/c1-26(36)37-21-8-13-32-35(42)40(24-18-27-14-16-31(17-15-27)43-30-11-6-3-7-12-30)33(34(41)38-32)29-19-22-39(23-20-29)25-28-9-4-2-5-10-28;2-1-3/h2-7,9-12,14-17,29,32-33,37H,1,8,13,18-25,36H2,(H,38,41);1H,(H2,2,3). The van der Waals surface area contributed by atoms with Crippen molar-refractivity contribution in [1.29, 1.82) is 0 Å². The van der Waals surface area contributed by atoms with Crippen LogP contribution >= 0.6 is 0 Å². The van der Waals surface area contributed by atoms with Crippen LogP contribution in [0.4, 0.5) is 0 Å².